The summed E-state index contributed by atoms with van der Waals surface area (Å²) in [4.78, 5) is 8.87. The lowest BCUT2D eigenvalue weighted by molar-refractivity contribution is 0.598. The molecule has 1 aliphatic rings. The van der Waals surface area contributed by atoms with Gasteiger partial charge in [0.05, 0.1) is 17.7 Å². The molecule has 1 atom stereocenters. The van der Waals surface area contributed by atoms with Crippen molar-refractivity contribution >= 4 is 21.6 Å². The van der Waals surface area contributed by atoms with Crippen LogP contribution in [0.2, 0.25) is 0 Å². The Kier molecular flexibility index (Phi) is 5.94. The van der Waals surface area contributed by atoms with Crippen LogP contribution in [0.3, 0.4) is 0 Å². The topological polar surface area (TPSA) is 79.3 Å². The quantitative estimate of drug-likeness (QED) is 0.719. The third-order valence-electron chi connectivity index (χ3n) is 4.90. The molecule has 1 aromatic carbocycles. The van der Waals surface area contributed by atoms with E-state index in [9.17, 15) is 8.42 Å². The number of anilines is 2. The van der Waals surface area contributed by atoms with Crippen molar-refractivity contribution in [1.29, 1.82) is 0 Å². The molecule has 1 saturated heterocycles. The molecular formula is C19H27N5O2S. The average molecular weight is 390 g/mol. The monoisotopic (exact) mass is 389 g/mol. The first-order chi connectivity index (χ1) is 12.9. The van der Waals surface area contributed by atoms with Gasteiger partial charge in [-0.3, -0.25) is 0 Å². The molecular weight excluding hydrogens is 362 g/mol. The summed E-state index contributed by atoms with van der Waals surface area (Å²) < 4.78 is 23.7. The second-order valence-electron chi connectivity index (χ2n) is 7.16. The van der Waals surface area contributed by atoms with Crippen molar-refractivity contribution < 1.29 is 8.42 Å². The summed E-state index contributed by atoms with van der Waals surface area (Å²) in [6.45, 7) is 7.59. The van der Waals surface area contributed by atoms with Gasteiger partial charge in [0.15, 0.2) is 15.7 Å². The van der Waals surface area contributed by atoms with Crippen LogP contribution in [0.5, 0.6) is 0 Å². The van der Waals surface area contributed by atoms with Crippen molar-refractivity contribution in [2.45, 2.75) is 45.8 Å². The molecule has 2 heterocycles. The lowest BCUT2D eigenvalue weighted by Gasteiger charge is -2.30. The third-order valence-corrected chi connectivity index (χ3v) is 6.65. The largest absolute Gasteiger partial charge is 0.348 e. The zero-order valence-electron chi connectivity index (χ0n) is 16.1. The van der Waals surface area contributed by atoms with Crippen molar-refractivity contribution in [3.63, 3.8) is 0 Å². The fourth-order valence-electron chi connectivity index (χ4n) is 3.44. The van der Waals surface area contributed by atoms with Crippen LogP contribution in [0.4, 0.5) is 11.8 Å². The molecule has 1 unspecified atom stereocenters. The molecule has 0 N–H and O–H groups in total. The van der Waals surface area contributed by atoms with Gasteiger partial charge >= 0.3 is 0 Å². The normalized spacial score (nSPS) is 18.6. The van der Waals surface area contributed by atoms with Crippen molar-refractivity contribution in [3.05, 3.63) is 42.1 Å². The maximum absolute atomic E-state index is 11.9. The van der Waals surface area contributed by atoms with E-state index in [1.807, 2.05) is 30.0 Å². The lowest BCUT2D eigenvalue weighted by atomic mass is 10.2. The van der Waals surface area contributed by atoms with Gasteiger partial charge in [0.25, 0.3) is 0 Å². The van der Waals surface area contributed by atoms with Crippen LogP contribution in [0.1, 0.15) is 32.8 Å². The minimum atomic E-state index is -2.97. The Hall–Kier alpha value is -2.22. The highest BCUT2D eigenvalue weighted by Crippen LogP contribution is 2.24. The average Bonchev–Trinajstić information content (AvgIpc) is 3.01. The van der Waals surface area contributed by atoms with Crippen LogP contribution < -0.4 is 9.80 Å². The predicted octanol–water partition coefficient (Wildman–Crippen LogP) is 2.30. The van der Waals surface area contributed by atoms with Gasteiger partial charge in [-0.05, 0) is 32.8 Å². The molecule has 0 saturated carbocycles. The molecule has 7 nitrogen and oxygen atoms in total. The van der Waals surface area contributed by atoms with E-state index >= 15 is 0 Å². The molecule has 1 aromatic heterocycles. The summed E-state index contributed by atoms with van der Waals surface area (Å²) >= 11 is 0. The second-order valence-corrected chi connectivity index (χ2v) is 9.39. The van der Waals surface area contributed by atoms with Crippen LogP contribution in [-0.2, 0) is 16.4 Å². The first kappa shape index (κ1) is 19.5. The van der Waals surface area contributed by atoms with Crippen LogP contribution in [-0.4, -0.2) is 53.7 Å². The molecule has 146 valence electrons. The highest BCUT2D eigenvalue weighted by Gasteiger charge is 2.33. The molecule has 3 rings (SSSR count). The second kappa shape index (κ2) is 8.21. The van der Waals surface area contributed by atoms with Gasteiger partial charge in [-0.15, -0.1) is 5.10 Å². The van der Waals surface area contributed by atoms with Crippen LogP contribution in [0, 0.1) is 0 Å². The Morgan fingerprint density at radius 3 is 2.56 bits per heavy atom. The van der Waals surface area contributed by atoms with Crippen molar-refractivity contribution in [3.8, 4) is 0 Å². The van der Waals surface area contributed by atoms with Gasteiger partial charge in [0.2, 0.25) is 5.95 Å². The zero-order valence-corrected chi connectivity index (χ0v) is 16.9. The highest BCUT2D eigenvalue weighted by atomic mass is 32.2. The molecule has 1 aliphatic heterocycles. The van der Waals surface area contributed by atoms with E-state index in [0.29, 0.717) is 18.9 Å². The third kappa shape index (κ3) is 4.74. The lowest BCUT2D eigenvalue weighted by Crippen LogP contribution is -2.38. The molecule has 0 aliphatic carbocycles. The molecule has 27 heavy (non-hydrogen) atoms. The van der Waals surface area contributed by atoms with Crippen LogP contribution >= 0.6 is 0 Å². The van der Waals surface area contributed by atoms with E-state index in [0.717, 1.165) is 12.4 Å². The number of hydrogen-bond acceptors (Lipinski definition) is 7. The first-order valence-corrected chi connectivity index (χ1v) is 11.2. The van der Waals surface area contributed by atoms with E-state index < -0.39 is 9.84 Å². The van der Waals surface area contributed by atoms with E-state index in [-0.39, 0.29) is 23.6 Å². The van der Waals surface area contributed by atoms with E-state index in [4.69, 9.17) is 4.98 Å². The number of rotatable bonds is 7. The summed E-state index contributed by atoms with van der Waals surface area (Å²) in [7, 11) is -2.97. The first-order valence-electron chi connectivity index (χ1n) is 9.37. The Labute approximate surface area is 161 Å². The number of benzene rings is 1. The molecule has 0 bridgehead atoms. The van der Waals surface area contributed by atoms with Gasteiger partial charge in [-0.1, -0.05) is 30.3 Å². The highest BCUT2D eigenvalue weighted by molar-refractivity contribution is 7.91. The molecule has 0 amide bonds. The van der Waals surface area contributed by atoms with E-state index in [1.165, 1.54) is 5.56 Å². The zero-order chi connectivity index (χ0) is 19.4. The Balaban J connectivity index is 1.86. The molecule has 1 fully saturated rings. The molecule has 0 radical (unpaired) electrons. The standard InChI is InChI=1S/C19H27N5O2S/c1-4-23(17-10-11-27(25,26)14-17)19-21-18(12-20-22-19)24(15(2)3)13-16-8-6-5-7-9-16/h5-9,12,15,17H,4,10-11,13-14H2,1-3H3. The minimum Gasteiger partial charge on any atom is -0.348 e. The maximum atomic E-state index is 11.9. The molecule has 2 aromatic rings. The Morgan fingerprint density at radius 2 is 1.96 bits per heavy atom. The summed E-state index contributed by atoms with van der Waals surface area (Å²) in [5.41, 5.74) is 1.19. The van der Waals surface area contributed by atoms with E-state index in [1.54, 1.807) is 6.20 Å². The minimum absolute atomic E-state index is 0.0846. The molecule has 8 heteroatoms. The van der Waals surface area contributed by atoms with Crippen LogP contribution in [0.15, 0.2) is 36.5 Å². The van der Waals surface area contributed by atoms with Gasteiger partial charge in [0.1, 0.15) is 0 Å². The number of hydrogen-bond donors (Lipinski definition) is 0. The SMILES string of the molecule is CCN(c1nncc(N(Cc2ccccc2)C(C)C)n1)C1CCS(=O)(=O)C1. The number of sulfone groups is 1. The van der Waals surface area contributed by atoms with Crippen molar-refractivity contribution in [2.75, 3.05) is 27.9 Å². The fourth-order valence-corrected chi connectivity index (χ4v) is 5.17. The smallest absolute Gasteiger partial charge is 0.247 e. The van der Waals surface area contributed by atoms with Gasteiger partial charge in [0, 0.05) is 25.2 Å². The number of aromatic nitrogens is 3. The summed E-state index contributed by atoms with van der Waals surface area (Å²) in [5.74, 6) is 1.63. The number of nitrogens with zero attached hydrogens (tertiary/aromatic N) is 5. The van der Waals surface area contributed by atoms with Crippen molar-refractivity contribution in [2.24, 2.45) is 0 Å². The maximum Gasteiger partial charge on any atom is 0.247 e. The Bertz CT molecular complexity index is 857. The van der Waals surface area contributed by atoms with Gasteiger partial charge < -0.3 is 9.80 Å². The predicted molar refractivity (Wildman–Crippen MR) is 108 cm³/mol. The summed E-state index contributed by atoms with van der Waals surface area (Å²) in [5, 5.41) is 8.36. The Morgan fingerprint density at radius 1 is 1.22 bits per heavy atom. The van der Waals surface area contributed by atoms with E-state index in [2.05, 4.69) is 41.1 Å². The fraction of sp³-hybridized carbons (Fsp3) is 0.526. The van der Waals surface area contributed by atoms with Crippen molar-refractivity contribution in [1.82, 2.24) is 15.2 Å². The summed E-state index contributed by atoms with van der Waals surface area (Å²) in [6, 6.07) is 10.4. The van der Waals surface area contributed by atoms with Gasteiger partial charge in [-0.2, -0.15) is 10.1 Å². The summed E-state index contributed by atoms with van der Waals surface area (Å²) in [6.07, 6.45) is 2.29. The van der Waals surface area contributed by atoms with Gasteiger partial charge in [-0.25, -0.2) is 8.42 Å². The molecule has 0 spiro atoms. The van der Waals surface area contributed by atoms with Crippen LogP contribution in [0.25, 0.3) is 0 Å².